The smallest absolute Gasteiger partial charge is 0.225 e. The highest BCUT2D eigenvalue weighted by Gasteiger charge is 2.17. The standard InChI is InChI=1S/C15H16Cl2N2O2/c1-4-6-12-9(5-2)15(19(3)18-12)21-14-8-13(20)10(16)7-11(14)17/h5,7-8,20H,2,4,6H2,1,3H3. The minimum Gasteiger partial charge on any atom is -0.506 e. The molecule has 4 nitrogen and oxygen atoms in total. The SMILES string of the molecule is C=Cc1c(CCC)nn(C)c1Oc1cc(O)c(Cl)cc1Cl. The first-order chi connectivity index (χ1) is 9.97. The number of aromatic hydroxyl groups is 1. The molecule has 1 N–H and O–H groups in total. The second-order valence-electron chi connectivity index (χ2n) is 4.58. The van der Waals surface area contributed by atoms with Crippen LogP contribution in [0.25, 0.3) is 6.08 Å². The van der Waals surface area contributed by atoms with Gasteiger partial charge in [-0.3, -0.25) is 0 Å². The number of rotatable bonds is 5. The maximum absolute atomic E-state index is 9.67. The van der Waals surface area contributed by atoms with Gasteiger partial charge in [0.1, 0.15) is 5.75 Å². The van der Waals surface area contributed by atoms with Gasteiger partial charge in [0.2, 0.25) is 5.88 Å². The van der Waals surface area contributed by atoms with Crippen LogP contribution in [0.15, 0.2) is 18.7 Å². The van der Waals surface area contributed by atoms with Gasteiger partial charge in [0.05, 0.1) is 21.3 Å². The van der Waals surface area contributed by atoms with Crippen molar-refractivity contribution in [1.29, 1.82) is 0 Å². The van der Waals surface area contributed by atoms with Crippen molar-refractivity contribution in [2.75, 3.05) is 0 Å². The van der Waals surface area contributed by atoms with E-state index in [-0.39, 0.29) is 10.8 Å². The Morgan fingerprint density at radius 2 is 2.10 bits per heavy atom. The Bertz CT molecular complexity index is 681. The van der Waals surface area contributed by atoms with Crippen LogP contribution in [0.3, 0.4) is 0 Å². The van der Waals surface area contributed by atoms with Crippen molar-refractivity contribution in [3.05, 3.63) is 40.0 Å². The molecule has 0 aliphatic rings. The fourth-order valence-corrected chi connectivity index (χ4v) is 2.45. The Hall–Kier alpha value is -1.65. The maximum Gasteiger partial charge on any atom is 0.225 e. The number of aromatic nitrogens is 2. The molecule has 2 rings (SSSR count). The predicted octanol–water partition coefficient (Wildman–Crippen LogP) is 4.82. The van der Waals surface area contributed by atoms with E-state index in [1.807, 2.05) is 0 Å². The average Bonchev–Trinajstić information content (AvgIpc) is 2.72. The lowest BCUT2D eigenvalue weighted by Gasteiger charge is -2.10. The zero-order chi connectivity index (χ0) is 15.6. The molecule has 0 aliphatic carbocycles. The number of aryl methyl sites for hydroxylation is 2. The number of halogens is 2. The number of hydrogen-bond acceptors (Lipinski definition) is 3. The Morgan fingerprint density at radius 3 is 2.71 bits per heavy atom. The predicted molar refractivity (Wildman–Crippen MR) is 85.5 cm³/mol. The second-order valence-corrected chi connectivity index (χ2v) is 5.39. The van der Waals surface area contributed by atoms with E-state index in [1.54, 1.807) is 17.8 Å². The van der Waals surface area contributed by atoms with Crippen LogP contribution in [0.1, 0.15) is 24.6 Å². The lowest BCUT2D eigenvalue weighted by Crippen LogP contribution is -1.96. The molecule has 0 atom stereocenters. The third-order valence-electron chi connectivity index (χ3n) is 3.00. The summed E-state index contributed by atoms with van der Waals surface area (Å²) in [6, 6.07) is 2.81. The number of benzene rings is 1. The van der Waals surface area contributed by atoms with Crippen molar-refractivity contribution in [2.24, 2.45) is 7.05 Å². The minimum absolute atomic E-state index is 0.0906. The highest BCUT2D eigenvalue weighted by atomic mass is 35.5. The molecule has 0 fully saturated rings. The van der Waals surface area contributed by atoms with Crippen molar-refractivity contribution in [2.45, 2.75) is 19.8 Å². The molecule has 21 heavy (non-hydrogen) atoms. The van der Waals surface area contributed by atoms with E-state index in [0.717, 1.165) is 24.1 Å². The molecule has 6 heteroatoms. The molecule has 0 saturated heterocycles. The third-order valence-corrected chi connectivity index (χ3v) is 3.60. The van der Waals surface area contributed by atoms with E-state index in [9.17, 15) is 5.11 Å². The van der Waals surface area contributed by atoms with Crippen molar-refractivity contribution in [3.63, 3.8) is 0 Å². The van der Waals surface area contributed by atoms with E-state index in [2.05, 4.69) is 18.6 Å². The molecule has 1 heterocycles. The van der Waals surface area contributed by atoms with Gasteiger partial charge < -0.3 is 9.84 Å². The van der Waals surface area contributed by atoms with Crippen LogP contribution in [0, 0.1) is 0 Å². The Labute approximate surface area is 133 Å². The third kappa shape index (κ3) is 3.17. The first-order valence-electron chi connectivity index (χ1n) is 6.52. The zero-order valence-corrected chi connectivity index (χ0v) is 13.4. The molecule has 0 aliphatic heterocycles. The molecular formula is C15H16Cl2N2O2. The average molecular weight is 327 g/mol. The van der Waals surface area contributed by atoms with E-state index in [4.69, 9.17) is 27.9 Å². The van der Waals surface area contributed by atoms with Gasteiger partial charge in [0.25, 0.3) is 0 Å². The van der Waals surface area contributed by atoms with Crippen LogP contribution in [-0.4, -0.2) is 14.9 Å². The van der Waals surface area contributed by atoms with Crippen molar-refractivity contribution in [1.82, 2.24) is 9.78 Å². The maximum atomic E-state index is 9.67. The molecule has 1 aromatic carbocycles. The quantitative estimate of drug-likeness (QED) is 0.856. The molecule has 0 spiro atoms. The summed E-state index contributed by atoms with van der Waals surface area (Å²) < 4.78 is 7.43. The first kappa shape index (κ1) is 15.7. The second kappa shape index (κ2) is 6.41. The van der Waals surface area contributed by atoms with Crippen molar-refractivity contribution < 1.29 is 9.84 Å². The summed E-state index contributed by atoms with van der Waals surface area (Å²) in [6.45, 7) is 5.89. The number of nitrogens with zero attached hydrogens (tertiary/aromatic N) is 2. The summed E-state index contributed by atoms with van der Waals surface area (Å²) in [5.74, 6) is 0.747. The molecule has 0 bridgehead atoms. The number of phenolic OH excluding ortho intramolecular Hbond substituents is 1. The van der Waals surface area contributed by atoms with E-state index in [0.29, 0.717) is 16.7 Å². The van der Waals surface area contributed by atoms with Crippen LogP contribution in [-0.2, 0) is 13.5 Å². The summed E-state index contributed by atoms with van der Waals surface area (Å²) in [4.78, 5) is 0. The molecular weight excluding hydrogens is 311 g/mol. The van der Waals surface area contributed by atoms with Gasteiger partial charge in [-0.2, -0.15) is 5.10 Å². The summed E-state index contributed by atoms with van der Waals surface area (Å²) >= 11 is 11.9. The van der Waals surface area contributed by atoms with Gasteiger partial charge in [-0.15, -0.1) is 0 Å². The largest absolute Gasteiger partial charge is 0.506 e. The van der Waals surface area contributed by atoms with Gasteiger partial charge >= 0.3 is 0 Å². The number of hydrogen-bond donors (Lipinski definition) is 1. The fraction of sp³-hybridized carbons (Fsp3) is 0.267. The highest BCUT2D eigenvalue weighted by Crippen LogP contribution is 2.38. The summed E-state index contributed by atoms with van der Waals surface area (Å²) in [5.41, 5.74) is 1.74. The lowest BCUT2D eigenvalue weighted by atomic mass is 10.1. The van der Waals surface area contributed by atoms with Gasteiger partial charge in [-0.1, -0.05) is 49.2 Å². The van der Waals surface area contributed by atoms with E-state index >= 15 is 0 Å². The van der Waals surface area contributed by atoms with Gasteiger partial charge in [0, 0.05) is 13.1 Å². The van der Waals surface area contributed by atoms with Crippen LogP contribution in [0.5, 0.6) is 17.4 Å². The van der Waals surface area contributed by atoms with Crippen LogP contribution in [0.4, 0.5) is 0 Å². The molecule has 0 radical (unpaired) electrons. The molecule has 112 valence electrons. The van der Waals surface area contributed by atoms with Gasteiger partial charge in [0.15, 0.2) is 5.75 Å². The Balaban J connectivity index is 2.44. The number of phenols is 1. The summed E-state index contributed by atoms with van der Waals surface area (Å²) in [7, 11) is 1.78. The first-order valence-corrected chi connectivity index (χ1v) is 7.27. The van der Waals surface area contributed by atoms with E-state index < -0.39 is 0 Å². The topological polar surface area (TPSA) is 47.3 Å². The Morgan fingerprint density at radius 1 is 1.38 bits per heavy atom. The fourth-order valence-electron chi connectivity index (χ4n) is 2.03. The normalized spacial score (nSPS) is 10.7. The lowest BCUT2D eigenvalue weighted by molar-refractivity contribution is 0.422. The minimum atomic E-state index is -0.0906. The van der Waals surface area contributed by atoms with Crippen LogP contribution in [0.2, 0.25) is 10.0 Å². The zero-order valence-electron chi connectivity index (χ0n) is 11.9. The van der Waals surface area contributed by atoms with Crippen LogP contribution < -0.4 is 4.74 Å². The molecule has 2 aromatic rings. The summed E-state index contributed by atoms with van der Waals surface area (Å²) in [6.07, 6.45) is 3.51. The summed E-state index contributed by atoms with van der Waals surface area (Å²) in [5, 5.41) is 14.6. The Kier molecular flexibility index (Phi) is 4.80. The van der Waals surface area contributed by atoms with Crippen LogP contribution >= 0.6 is 23.2 Å². The van der Waals surface area contributed by atoms with Crippen molar-refractivity contribution in [3.8, 4) is 17.4 Å². The van der Waals surface area contributed by atoms with Crippen molar-refractivity contribution >= 4 is 29.3 Å². The number of ether oxygens (including phenoxy) is 1. The molecule has 1 aromatic heterocycles. The van der Waals surface area contributed by atoms with Gasteiger partial charge in [-0.05, 0) is 12.5 Å². The molecule has 0 unspecified atom stereocenters. The highest BCUT2D eigenvalue weighted by molar-refractivity contribution is 6.36. The molecule has 0 saturated carbocycles. The monoisotopic (exact) mass is 326 g/mol. The van der Waals surface area contributed by atoms with E-state index in [1.165, 1.54) is 12.1 Å². The van der Waals surface area contributed by atoms with Gasteiger partial charge in [-0.25, -0.2) is 4.68 Å². The molecule has 0 amide bonds.